The standard InChI is InChI=1S/C31H34ClF3N4O3/c1-29(2,3)18-38-16-14-30(15-17-38)19-39(27-25(40)13-12-22(32)26(27)30)24-7-5-4-6-23(24)37-28(41)36-20-8-10-21(11-9-20)42-31(33,34)35/h4-13,40H,14-19H2,1-3H3,(H2,36,37,41). The first-order valence-electron chi connectivity index (χ1n) is 13.8. The number of likely N-dealkylation sites (tertiary alicyclic amines) is 1. The molecule has 0 bridgehead atoms. The van der Waals surface area contributed by atoms with Crippen molar-refractivity contribution in [1.82, 2.24) is 4.90 Å². The zero-order valence-corrected chi connectivity index (χ0v) is 24.4. The summed E-state index contributed by atoms with van der Waals surface area (Å²) in [6.07, 6.45) is -3.05. The quantitative estimate of drug-likeness (QED) is 0.275. The fraction of sp³-hybridized carbons (Fsp3) is 0.387. The van der Waals surface area contributed by atoms with Gasteiger partial charge in [0.05, 0.1) is 17.1 Å². The number of amides is 2. The number of piperidine rings is 1. The lowest BCUT2D eigenvalue weighted by molar-refractivity contribution is -0.274. The molecule has 224 valence electrons. The van der Waals surface area contributed by atoms with E-state index >= 15 is 0 Å². The van der Waals surface area contributed by atoms with Gasteiger partial charge in [0.1, 0.15) is 11.5 Å². The van der Waals surface area contributed by atoms with Crippen molar-refractivity contribution in [2.24, 2.45) is 5.41 Å². The number of urea groups is 1. The van der Waals surface area contributed by atoms with Crippen LogP contribution in [0.5, 0.6) is 11.5 Å². The lowest BCUT2D eigenvalue weighted by atomic mass is 9.74. The maximum atomic E-state index is 12.9. The minimum absolute atomic E-state index is 0.115. The number of halogens is 4. The minimum Gasteiger partial charge on any atom is -0.506 e. The van der Waals surface area contributed by atoms with Crippen molar-refractivity contribution < 1.29 is 27.8 Å². The second-order valence-electron chi connectivity index (χ2n) is 12.2. The molecule has 1 fully saturated rings. The highest BCUT2D eigenvalue weighted by Crippen LogP contribution is 2.56. The van der Waals surface area contributed by atoms with Gasteiger partial charge in [-0.25, -0.2) is 4.79 Å². The van der Waals surface area contributed by atoms with Crippen molar-refractivity contribution in [1.29, 1.82) is 0 Å². The SMILES string of the molecule is CC(C)(C)CN1CCC2(CC1)CN(c1ccccc1NC(=O)Nc1ccc(OC(F)(F)F)cc1)c1c(O)ccc(Cl)c12. The number of anilines is 4. The highest BCUT2D eigenvalue weighted by atomic mass is 35.5. The summed E-state index contributed by atoms with van der Waals surface area (Å²) in [4.78, 5) is 17.4. The van der Waals surface area contributed by atoms with Crippen LogP contribution in [-0.2, 0) is 5.41 Å². The van der Waals surface area contributed by atoms with Gasteiger partial charge in [0.25, 0.3) is 0 Å². The van der Waals surface area contributed by atoms with E-state index in [2.05, 4.69) is 41.0 Å². The van der Waals surface area contributed by atoms with Crippen molar-refractivity contribution in [3.63, 3.8) is 0 Å². The number of phenols is 1. The molecule has 3 N–H and O–H groups in total. The Bertz CT molecular complexity index is 1450. The lowest BCUT2D eigenvalue weighted by Gasteiger charge is -2.42. The average molecular weight is 603 g/mol. The smallest absolute Gasteiger partial charge is 0.506 e. The van der Waals surface area contributed by atoms with Gasteiger partial charge < -0.3 is 30.3 Å². The van der Waals surface area contributed by atoms with E-state index in [9.17, 15) is 23.1 Å². The number of carbonyl (C=O) groups is 1. The van der Waals surface area contributed by atoms with Gasteiger partial charge in [-0.3, -0.25) is 0 Å². The molecular formula is C31H34ClF3N4O3. The number of benzene rings is 3. The maximum Gasteiger partial charge on any atom is 0.573 e. The van der Waals surface area contributed by atoms with Gasteiger partial charge in [-0.15, -0.1) is 13.2 Å². The molecule has 3 aromatic carbocycles. The number of aromatic hydroxyl groups is 1. The number of nitrogens with zero attached hydrogens (tertiary/aromatic N) is 2. The molecule has 2 aliphatic heterocycles. The summed E-state index contributed by atoms with van der Waals surface area (Å²) in [6.45, 7) is 10.1. The molecule has 0 unspecified atom stereocenters. The topological polar surface area (TPSA) is 77.1 Å². The zero-order chi connectivity index (χ0) is 30.3. The van der Waals surface area contributed by atoms with Crippen molar-refractivity contribution in [2.45, 2.75) is 45.4 Å². The van der Waals surface area contributed by atoms with Gasteiger partial charge in [-0.2, -0.15) is 0 Å². The Morgan fingerprint density at radius 2 is 1.67 bits per heavy atom. The number of rotatable bonds is 5. The molecule has 2 aliphatic rings. The Kier molecular flexibility index (Phi) is 7.98. The molecule has 2 heterocycles. The zero-order valence-electron chi connectivity index (χ0n) is 23.7. The van der Waals surface area contributed by atoms with Crippen LogP contribution in [-0.4, -0.2) is 48.6 Å². The molecule has 42 heavy (non-hydrogen) atoms. The predicted octanol–water partition coefficient (Wildman–Crippen LogP) is 8.12. The van der Waals surface area contributed by atoms with Crippen LogP contribution in [0, 0.1) is 5.41 Å². The van der Waals surface area contributed by atoms with Gasteiger partial charge in [0.2, 0.25) is 0 Å². The number of phenolic OH excluding ortho intramolecular Hbond substituents is 1. The van der Waals surface area contributed by atoms with Crippen molar-refractivity contribution >= 4 is 40.4 Å². The van der Waals surface area contributed by atoms with Crippen LogP contribution in [0.1, 0.15) is 39.2 Å². The van der Waals surface area contributed by atoms with Gasteiger partial charge in [-0.05, 0) is 79.9 Å². The molecule has 0 radical (unpaired) electrons. The molecule has 1 saturated heterocycles. The lowest BCUT2D eigenvalue weighted by Crippen LogP contribution is -2.47. The molecule has 0 aliphatic carbocycles. The normalized spacial score (nSPS) is 16.8. The van der Waals surface area contributed by atoms with E-state index in [0.29, 0.717) is 28.6 Å². The van der Waals surface area contributed by atoms with Crippen LogP contribution >= 0.6 is 11.6 Å². The summed E-state index contributed by atoms with van der Waals surface area (Å²) in [6, 6.07) is 14.9. The number of carbonyl (C=O) groups excluding carboxylic acids is 1. The van der Waals surface area contributed by atoms with Gasteiger partial charge >= 0.3 is 12.4 Å². The predicted molar refractivity (Wildman–Crippen MR) is 159 cm³/mol. The second-order valence-corrected chi connectivity index (χ2v) is 12.6. The first-order chi connectivity index (χ1) is 19.7. The fourth-order valence-electron chi connectivity index (χ4n) is 6.06. The Labute approximate surface area is 248 Å². The number of alkyl halides is 3. The number of nitrogens with one attached hydrogen (secondary N) is 2. The van der Waals surface area contributed by atoms with E-state index in [1.165, 1.54) is 12.1 Å². The highest BCUT2D eigenvalue weighted by molar-refractivity contribution is 6.32. The van der Waals surface area contributed by atoms with E-state index in [1.807, 2.05) is 17.0 Å². The molecule has 2 amide bonds. The van der Waals surface area contributed by atoms with Crippen molar-refractivity contribution in [3.05, 3.63) is 71.2 Å². The van der Waals surface area contributed by atoms with Crippen LogP contribution in [0.2, 0.25) is 5.02 Å². The van der Waals surface area contributed by atoms with Gasteiger partial charge in [0.15, 0.2) is 0 Å². The first-order valence-corrected chi connectivity index (χ1v) is 14.2. The van der Waals surface area contributed by atoms with E-state index in [4.69, 9.17) is 11.6 Å². The van der Waals surface area contributed by atoms with E-state index in [-0.39, 0.29) is 28.0 Å². The van der Waals surface area contributed by atoms with E-state index in [0.717, 1.165) is 50.2 Å². The summed E-state index contributed by atoms with van der Waals surface area (Å²) in [5, 5.41) is 17.2. The summed E-state index contributed by atoms with van der Waals surface area (Å²) in [5.74, 6) is -0.271. The third kappa shape index (κ3) is 6.55. The molecule has 0 aromatic heterocycles. The summed E-state index contributed by atoms with van der Waals surface area (Å²) >= 11 is 6.82. The fourth-order valence-corrected chi connectivity index (χ4v) is 6.41. The van der Waals surface area contributed by atoms with Gasteiger partial charge in [-0.1, -0.05) is 44.5 Å². The first kappa shape index (κ1) is 29.8. The van der Waals surface area contributed by atoms with E-state index in [1.54, 1.807) is 24.3 Å². The molecular weight excluding hydrogens is 569 g/mol. The molecule has 0 saturated carbocycles. The summed E-state index contributed by atoms with van der Waals surface area (Å²) in [5.41, 5.74) is 2.96. The van der Waals surface area contributed by atoms with Crippen LogP contribution in [0.25, 0.3) is 0 Å². The van der Waals surface area contributed by atoms with Crippen LogP contribution in [0.15, 0.2) is 60.7 Å². The molecule has 7 nitrogen and oxygen atoms in total. The van der Waals surface area contributed by atoms with Gasteiger partial charge in [0, 0.05) is 34.8 Å². The molecule has 5 rings (SSSR count). The van der Waals surface area contributed by atoms with Crippen molar-refractivity contribution in [2.75, 3.05) is 41.7 Å². The van der Waals surface area contributed by atoms with Crippen LogP contribution in [0.4, 0.5) is 40.7 Å². The molecule has 3 aromatic rings. The Morgan fingerprint density at radius 3 is 2.31 bits per heavy atom. The number of fused-ring (bicyclic) bond motifs is 2. The number of hydrogen-bond acceptors (Lipinski definition) is 5. The van der Waals surface area contributed by atoms with Crippen molar-refractivity contribution in [3.8, 4) is 11.5 Å². The van der Waals surface area contributed by atoms with Crippen LogP contribution in [0.3, 0.4) is 0 Å². The summed E-state index contributed by atoms with van der Waals surface area (Å²) in [7, 11) is 0. The Hall–Kier alpha value is -3.63. The minimum atomic E-state index is -4.80. The molecule has 11 heteroatoms. The third-order valence-electron chi connectivity index (χ3n) is 7.67. The second kappa shape index (κ2) is 11.2. The molecule has 1 spiro atoms. The van der Waals surface area contributed by atoms with Crippen LogP contribution < -0.4 is 20.3 Å². The van der Waals surface area contributed by atoms with E-state index < -0.39 is 12.4 Å². The summed E-state index contributed by atoms with van der Waals surface area (Å²) < 4.78 is 41.3. The average Bonchev–Trinajstić information content (AvgIpc) is 3.23. The number of hydrogen-bond donors (Lipinski definition) is 3. The Morgan fingerprint density at radius 1 is 1.00 bits per heavy atom. The molecule has 0 atom stereocenters. The highest BCUT2D eigenvalue weighted by Gasteiger charge is 2.48. The number of para-hydroxylation sites is 2. The third-order valence-corrected chi connectivity index (χ3v) is 7.98. The monoisotopic (exact) mass is 602 g/mol. The largest absolute Gasteiger partial charge is 0.573 e. The maximum absolute atomic E-state index is 12.9. The number of ether oxygens (including phenoxy) is 1. The Balaban J connectivity index is 1.38.